The van der Waals surface area contributed by atoms with Crippen molar-refractivity contribution in [2.75, 3.05) is 5.32 Å². The zero-order valence-corrected chi connectivity index (χ0v) is 44.5. The minimum Gasteiger partial charge on any atom is -0.481 e. The molecule has 9 rings (SSSR count). The number of benzene rings is 4. The van der Waals surface area contributed by atoms with Crippen LogP contribution in [-0.4, -0.2) is 48.0 Å². The number of nitrogens with zero attached hydrogens (tertiary/aromatic N) is 2. The second kappa shape index (κ2) is 21.4. The van der Waals surface area contributed by atoms with Gasteiger partial charge in [-0.25, -0.2) is 9.78 Å². The van der Waals surface area contributed by atoms with Gasteiger partial charge in [-0.2, -0.15) is 0 Å². The van der Waals surface area contributed by atoms with Crippen molar-refractivity contribution in [2.24, 2.45) is 0 Å². The van der Waals surface area contributed by atoms with Crippen LogP contribution in [0, 0.1) is 13.8 Å². The quantitative estimate of drug-likeness (QED) is 0.0683. The summed E-state index contributed by atoms with van der Waals surface area (Å²) in [7, 11) is 0. The molecule has 2 aliphatic rings. The number of aromatic nitrogens is 4. The highest BCUT2D eigenvalue weighted by Crippen LogP contribution is 2.44. The molecule has 75 heavy (non-hydrogen) atoms. The summed E-state index contributed by atoms with van der Waals surface area (Å²) in [5, 5.41) is 24.7. The Morgan fingerprint density at radius 1 is 0.707 bits per heavy atom. The van der Waals surface area contributed by atoms with Gasteiger partial charge in [0.2, 0.25) is 5.91 Å². The van der Waals surface area contributed by atoms with E-state index in [2.05, 4.69) is 154 Å². The Hall–Kier alpha value is -8.11. The average Bonchev–Trinajstić information content (AvgIpc) is 4.09. The molecule has 0 aliphatic carbocycles. The summed E-state index contributed by atoms with van der Waals surface area (Å²) < 4.78 is 0. The molecule has 10 heteroatoms. The number of H-pyrrole nitrogens is 2. The lowest BCUT2D eigenvalue weighted by Gasteiger charge is -2.19. The van der Waals surface area contributed by atoms with E-state index < -0.39 is 24.3 Å². The molecule has 2 aliphatic heterocycles. The van der Waals surface area contributed by atoms with E-state index in [4.69, 9.17) is 9.97 Å². The number of carboxylic acid groups (broad SMARTS) is 2. The molecule has 8 bridgehead atoms. The second-order valence-electron chi connectivity index (χ2n) is 20.7. The molecule has 10 nitrogen and oxygen atoms in total. The summed E-state index contributed by atoms with van der Waals surface area (Å²) in [4.78, 5) is 58.3. The number of hydrogen-bond donors (Lipinski definition) is 5. The second-order valence-corrected chi connectivity index (χ2v) is 20.7. The van der Waals surface area contributed by atoms with Gasteiger partial charge in [-0.15, -0.1) is 0 Å². The van der Waals surface area contributed by atoms with Crippen LogP contribution < -0.4 is 5.32 Å². The number of carboxylic acids is 2. The standard InChI is InChI=1S/C65H67N5O5/c1-11-36(6)42-16-20-45(21-17-42)47-26-27-51(46-24-22-44(23-25-46)43-18-14-41(15-19-43)35(4)5)57(30-47)68-60(71)29-28-50-39(9)55-32-53-37(7)48(12-2)58(66-53)33-54-38(8)49(13-3)59(67-54)34-56-40(10)62(65(74)75)64(70-56)52(31-61(72)73)63(50)69-55/h12,14-27,30,32-36,39,50,66-67H,2,11,13,28-29,31H2,1,3-10H3,(H,68,71)(H,72,73)(H,74,75)/t36?,39-,50-/m0/s1. The molecule has 382 valence electrons. The van der Waals surface area contributed by atoms with Gasteiger partial charge in [-0.05, 0) is 137 Å². The molecule has 0 fully saturated rings. The first kappa shape index (κ1) is 51.8. The maximum Gasteiger partial charge on any atom is 0.338 e. The average molecular weight is 998 g/mol. The first-order valence-corrected chi connectivity index (χ1v) is 26.3. The predicted molar refractivity (Wildman–Crippen MR) is 306 cm³/mol. The molecule has 4 aromatic carbocycles. The van der Waals surface area contributed by atoms with Crippen LogP contribution >= 0.6 is 0 Å². The van der Waals surface area contributed by atoms with Crippen molar-refractivity contribution in [1.82, 2.24) is 19.9 Å². The first-order chi connectivity index (χ1) is 36.0. The Morgan fingerprint density at radius 3 is 1.92 bits per heavy atom. The summed E-state index contributed by atoms with van der Waals surface area (Å²) in [6.45, 7) is 22.9. The van der Waals surface area contributed by atoms with Gasteiger partial charge in [0, 0.05) is 68.4 Å². The summed E-state index contributed by atoms with van der Waals surface area (Å²) in [6.07, 6.45) is 3.41. The molecule has 5 heterocycles. The van der Waals surface area contributed by atoms with E-state index in [9.17, 15) is 24.6 Å². The maximum absolute atomic E-state index is 14.6. The lowest BCUT2D eigenvalue weighted by molar-refractivity contribution is -0.136. The van der Waals surface area contributed by atoms with E-state index in [1.165, 1.54) is 11.1 Å². The van der Waals surface area contributed by atoms with Crippen LogP contribution in [0.1, 0.15) is 153 Å². The van der Waals surface area contributed by atoms with Crippen LogP contribution in [0.25, 0.3) is 72.7 Å². The van der Waals surface area contributed by atoms with Crippen molar-refractivity contribution in [3.05, 3.63) is 177 Å². The van der Waals surface area contributed by atoms with E-state index >= 15 is 0 Å². The van der Waals surface area contributed by atoms with Crippen molar-refractivity contribution >= 4 is 62.8 Å². The van der Waals surface area contributed by atoms with Crippen LogP contribution in [0.15, 0.2) is 116 Å². The minimum atomic E-state index is -1.22. The Morgan fingerprint density at radius 2 is 1.31 bits per heavy atom. The third-order valence-electron chi connectivity index (χ3n) is 15.8. The van der Waals surface area contributed by atoms with Gasteiger partial charge in [-0.3, -0.25) is 14.6 Å². The number of aryl methyl sites for hydroxylation is 3. The van der Waals surface area contributed by atoms with E-state index in [0.29, 0.717) is 46.6 Å². The Kier molecular flexibility index (Phi) is 14.8. The van der Waals surface area contributed by atoms with Crippen LogP contribution in [-0.2, 0) is 27.2 Å². The van der Waals surface area contributed by atoms with Crippen molar-refractivity contribution in [1.29, 1.82) is 0 Å². The molecule has 7 aromatic rings. The van der Waals surface area contributed by atoms with Crippen LogP contribution in [0.4, 0.5) is 5.69 Å². The zero-order valence-electron chi connectivity index (χ0n) is 44.5. The van der Waals surface area contributed by atoms with E-state index in [-0.39, 0.29) is 41.5 Å². The number of aliphatic carboxylic acids is 2. The fraction of sp³-hybridized carbons (Fsp3) is 0.277. The number of carbonyl (C=O) groups is 3. The van der Waals surface area contributed by atoms with E-state index in [1.54, 1.807) is 6.92 Å². The topological polar surface area (TPSA) is 161 Å². The summed E-state index contributed by atoms with van der Waals surface area (Å²) in [5.41, 5.74) is 18.7. The fourth-order valence-corrected chi connectivity index (χ4v) is 11.0. The van der Waals surface area contributed by atoms with Gasteiger partial charge < -0.3 is 25.5 Å². The minimum absolute atomic E-state index is 0.0633. The molecule has 0 saturated carbocycles. The Bertz CT molecular complexity index is 3600. The van der Waals surface area contributed by atoms with Crippen LogP contribution in [0.3, 0.4) is 0 Å². The lowest BCUT2D eigenvalue weighted by atomic mass is 9.84. The van der Waals surface area contributed by atoms with E-state index in [1.807, 2.05) is 38.1 Å². The monoisotopic (exact) mass is 998 g/mol. The number of nitrogens with one attached hydrogen (secondary N) is 3. The molecule has 1 amide bonds. The van der Waals surface area contributed by atoms with Crippen LogP contribution in [0.2, 0.25) is 0 Å². The SMILES string of the molecule is C=Cc1c(C)c2cc3nc(c(CC(=O)O)c4nc(cc5[nH]c(cc1[nH]2)c(C)c5CC)C(C)=C4C(=O)O)[C@@H](CCC(=O)Nc1cc(-c2ccc(C(C)CC)cc2)ccc1-c1ccc(-c2ccc(C(C)C)cc2)cc1)[C@@H]3C. The molecule has 0 radical (unpaired) electrons. The third-order valence-corrected chi connectivity index (χ3v) is 15.8. The number of carbonyl (C=O) groups excluding carboxylic acids is 1. The molecule has 5 N–H and O–H groups in total. The third kappa shape index (κ3) is 10.3. The highest BCUT2D eigenvalue weighted by Gasteiger charge is 2.36. The Labute approximate surface area is 439 Å². The summed E-state index contributed by atoms with van der Waals surface area (Å²) in [6, 6.07) is 37.8. The lowest BCUT2D eigenvalue weighted by Crippen LogP contribution is -2.16. The zero-order chi connectivity index (χ0) is 53.4. The van der Waals surface area contributed by atoms with Gasteiger partial charge in [0.05, 0.1) is 29.1 Å². The molecule has 3 aromatic heterocycles. The smallest absolute Gasteiger partial charge is 0.338 e. The molecule has 0 saturated heterocycles. The fourth-order valence-electron chi connectivity index (χ4n) is 11.0. The highest BCUT2D eigenvalue weighted by molar-refractivity contribution is 6.24. The van der Waals surface area contributed by atoms with Crippen molar-refractivity contribution in [3.8, 4) is 33.4 Å². The molecular formula is C65H67N5O5. The van der Waals surface area contributed by atoms with Gasteiger partial charge in [0.1, 0.15) is 0 Å². The number of rotatable bonds is 15. The number of hydrogen-bond acceptors (Lipinski definition) is 5. The van der Waals surface area contributed by atoms with Gasteiger partial charge in [0.15, 0.2) is 0 Å². The number of anilines is 1. The molecule has 3 atom stereocenters. The van der Waals surface area contributed by atoms with Crippen molar-refractivity contribution in [2.45, 2.75) is 118 Å². The first-order valence-electron chi connectivity index (χ1n) is 26.3. The number of fused-ring (bicyclic) bond motifs is 8. The van der Waals surface area contributed by atoms with Gasteiger partial charge >= 0.3 is 11.9 Å². The highest BCUT2D eigenvalue weighted by atomic mass is 16.4. The van der Waals surface area contributed by atoms with E-state index in [0.717, 1.165) is 84.1 Å². The number of amides is 1. The Balaban J connectivity index is 1.14. The predicted octanol–water partition coefficient (Wildman–Crippen LogP) is 15.7. The number of allylic oxidation sites excluding steroid dienone is 1. The van der Waals surface area contributed by atoms with Crippen molar-refractivity contribution in [3.63, 3.8) is 0 Å². The van der Waals surface area contributed by atoms with Gasteiger partial charge in [0.25, 0.3) is 0 Å². The van der Waals surface area contributed by atoms with Crippen LogP contribution in [0.5, 0.6) is 0 Å². The normalized spacial score (nSPS) is 14.8. The number of aromatic amines is 2. The summed E-state index contributed by atoms with van der Waals surface area (Å²) >= 11 is 0. The molecule has 0 spiro atoms. The van der Waals surface area contributed by atoms with Gasteiger partial charge in [-0.1, -0.05) is 139 Å². The summed E-state index contributed by atoms with van der Waals surface area (Å²) in [5.74, 6) is -2.50. The molecule has 1 unspecified atom stereocenters. The largest absolute Gasteiger partial charge is 0.481 e. The molecular weight excluding hydrogens is 931 g/mol. The maximum atomic E-state index is 14.6. The van der Waals surface area contributed by atoms with Crippen molar-refractivity contribution < 1.29 is 24.6 Å².